The molecule has 2 rings (SSSR count). The number of aryl methyl sites for hydroxylation is 2. The number of hydrogen-bond acceptors (Lipinski definition) is 2. The van der Waals surface area contributed by atoms with E-state index in [1.165, 1.54) is 0 Å². The maximum Gasteiger partial charge on any atom is 0.275 e. The van der Waals surface area contributed by atoms with Gasteiger partial charge in [0.15, 0.2) is 6.54 Å². The summed E-state index contributed by atoms with van der Waals surface area (Å²) in [7, 11) is 0. The predicted octanol–water partition coefficient (Wildman–Crippen LogP) is 2.34. The third-order valence-corrected chi connectivity index (χ3v) is 4.46. The van der Waals surface area contributed by atoms with Crippen molar-refractivity contribution in [2.24, 2.45) is 0 Å². The van der Waals surface area contributed by atoms with Crippen LogP contribution < -0.4 is 16.0 Å². The van der Waals surface area contributed by atoms with E-state index in [0.717, 1.165) is 22.4 Å². The van der Waals surface area contributed by atoms with E-state index in [9.17, 15) is 9.59 Å². The number of rotatable bonds is 7. The molecule has 26 heavy (non-hydrogen) atoms. The van der Waals surface area contributed by atoms with Crippen LogP contribution in [0, 0.1) is 13.8 Å². The highest BCUT2D eigenvalue weighted by Gasteiger charge is 2.13. The van der Waals surface area contributed by atoms with Crippen LogP contribution in [-0.4, -0.2) is 24.9 Å². The quantitative estimate of drug-likeness (QED) is 0.695. The molecule has 0 aromatic heterocycles. The van der Waals surface area contributed by atoms with Crippen LogP contribution in [0.25, 0.3) is 0 Å². The smallest absolute Gasteiger partial charge is 0.275 e. The summed E-state index contributed by atoms with van der Waals surface area (Å²) in [4.78, 5) is 24.1. The van der Waals surface area contributed by atoms with Crippen molar-refractivity contribution in [3.8, 4) is 0 Å². The van der Waals surface area contributed by atoms with Crippen molar-refractivity contribution in [3.63, 3.8) is 0 Å². The second kappa shape index (κ2) is 9.36. The molecule has 138 valence electrons. The van der Waals surface area contributed by atoms with Crippen molar-refractivity contribution in [1.82, 2.24) is 5.32 Å². The topological polar surface area (TPSA) is 74.8 Å². The van der Waals surface area contributed by atoms with E-state index in [4.69, 9.17) is 11.6 Å². The number of carbonyl (C=O) groups is 2. The van der Waals surface area contributed by atoms with Gasteiger partial charge in [0, 0.05) is 16.3 Å². The molecule has 0 heterocycles. The fourth-order valence-corrected chi connectivity index (χ4v) is 2.85. The first kappa shape index (κ1) is 19.9. The summed E-state index contributed by atoms with van der Waals surface area (Å²) in [5.74, 6) is -0.422. The number of amides is 2. The van der Waals surface area contributed by atoms with E-state index >= 15 is 0 Å². The Morgan fingerprint density at radius 2 is 1.73 bits per heavy atom. The summed E-state index contributed by atoms with van der Waals surface area (Å²) in [6.07, 6.45) is 0. The van der Waals surface area contributed by atoms with Crippen LogP contribution in [0.4, 0.5) is 5.69 Å². The number of quaternary nitrogens is 1. The second-order valence-electron chi connectivity index (χ2n) is 6.38. The van der Waals surface area contributed by atoms with Crippen LogP contribution in [0.15, 0.2) is 42.5 Å². The van der Waals surface area contributed by atoms with Crippen LogP contribution in [0.2, 0.25) is 5.02 Å². The molecule has 0 radical (unpaired) electrons. The highest BCUT2D eigenvalue weighted by Crippen LogP contribution is 2.19. The molecular weight excluding hydrogens is 350 g/mol. The second-order valence-corrected chi connectivity index (χ2v) is 6.81. The normalized spacial score (nSPS) is 11.7. The Morgan fingerprint density at radius 1 is 1.08 bits per heavy atom. The SMILES string of the molecule is Cc1cccc(C)c1NC(=O)CNC(=O)C[NH2+][C@H](C)c1cccc(Cl)c1. The first-order chi connectivity index (χ1) is 12.4. The summed E-state index contributed by atoms with van der Waals surface area (Å²) < 4.78 is 0. The highest BCUT2D eigenvalue weighted by atomic mass is 35.5. The van der Waals surface area contributed by atoms with Crippen molar-refractivity contribution in [2.45, 2.75) is 26.8 Å². The van der Waals surface area contributed by atoms with Gasteiger partial charge < -0.3 is 16.0 Å². The average Bonchev–Trinajstić information content (AvgIpc) is 2.61. The molecule has 5 nitrogen and oxygen atoms in total. The Kier molecular flexibility index (Phi) is 7.18. The summed E-state index contributed by atoms with van der Waals surface area (Å²) in [6.45, 7) is 6.07. The number of nitrogens with two attached hydrogens (primary N) is 1. The first-order valence-corrected chi connectivity index (χ1v) is 8.96. The fourth-order valence-electron chi connectivity index (χ4n) is 2.66. The number of halogens is 1. The van der Waals surface area contributed by atoms with Gasteiger partial charge in [-0.25, -0.2) is 0 Å². The molecule has 0 spiro atoms. The number of anilines is 1. The third kappa shape index (κ3) is 5.86. The third-order valence-electron chi connectivity index (χ3n) is 4.22. The molecular formula is C20H25ClN3O2+. The number of nitrogens with one attached hydrogen (secondary N) is 2. The molecule has 0 saturated carbocycles. The van der Waals surface area contributed by atoms with Crippen LogP contribution in [-0.2, 0) is 9.59 Å². The zero-order chi connectivity index (χ0) is 19.1. The molecule has 2 aromatic rings. The minimum atomic E-state index is -0.237. The van der Waals surface area contributed by atoms with E-state index in [1.807, 2.05) is 68.6 Å². The molecule has 6 heteroatoms. The number of benzene rings is 2. The molecule has 1 atom stereocenters. The van der Waals surface area contributed by atoms with Crippen molar-refractivity contribution in [1.29, 1.82) is 0 Å². The van der Waals surface area contributed by atoms with E-state index in [2.05, 4.69) is 10.6 Å². The van der Waals surface area contributed by atoms with Gasteiger partial charge in [-0.05, 0) is 44.0 Å². The molecule has 0 fully saturated rings. The standard InChI is InChI=1S/C20H24ClN3O2/c1-13-6-4-7-14(2)20(13)24-19(26)12-23-18(25)11-22-15(3)16-8-5-9-17(21)10-16/h4-10,15,22H,11-12H2,1-3H3,(H,23,25)(H,24,26)/p+1/t15-/m1/s1. The van der Waals surface area contributed by atoms with E-state index in [-0.39, 0.29) is 30.9 Å². The fraction of sp³-hybridized carbons (Fsp3) is 0.300. The Morgan fingerprint density at radius 3 is 2.38 bits per heavy atom. The molecule has 0 saturated heterocycles. The molecule has 2 aromatic carbocycles. The maximum absolute atomic E-state index is 12.1. The Bertz CT molecular complexity index is 772. The van der Waals surface area contributed by atoms with Gasteiger partial charge in [-0.15, -0.1) is 0 Å². The van der Waals surface area contributed by atoms with Gasteiger partial charge in [-0.3, -0.25) is 9.59 Å². The number of hydrogen-bond donors (Lipinski definition) is 3. The summed E-state index contributed by atoms with van der Waals surface area (Å²) in [6, 6.07) is 13.5. The highest BCUT2D eigenvalue weighted by molar-refractivity contribution is 6.30. The number of carbonyl (C=O) groups excluding carboxylic acids is 2. The predicted molar refractivity (Wildman–Crippen MR) is 104 cm³/mol. The van der Waals surface area contributed by atoms with Gasteiger partial charge >= 0.3 is 0 Å². The van der Waals surface area contributed by atoms with Crippen molar-refractivity contribution in [3.05, 3.63) is 64.2 Å². The molecule has 0 aliphatic carbocycles. The monoisotopic (exact) mass is 374 g/mol. The van der Waals surface area contributed by atoms with Crippen LogP contribution in [0.3, 0.4) is 0 Å². The van der Waals surface area contributed by atoms with Gasteiger partial charge in [-0.1, -0.05) is 41.9 Å². The van der Waals surface area contributed by atoms with Crippen molar-refractivity contribution < 1.29 is 14.9 Å². The summed E-state index contributed by atoms with van der Waals surface area (Å²) in [5, 5.41) is 8.09. The van der Waals surface area contributed by atoms with Gasteiger partial charge in [0.2, 0.25) is 5.91 Å². The van der Waals surface area contributed by atoms with Crippen molar-refractivity contribution >= 4 is 29.1 Å². The van der Waals surface area contributed by atoms with Gasteiger partial charge in [0.1, 0.15) is 6.04 Å². The zero-order valence-corrected chi connectivity index (χ0v) is 16.1. The Hall–Kier alpha value is -2.37. The zero-order valence-electron chi connectivity index (χ0n) is 15.3. The largest absolute Gasteiger partial charge is 0.342 e. The number of para-hydroxylation sites is 1. The summed E-state index contributed by atoms with van der Waals surface area (Å²) >= 11 is 5.99. The van der Waals surface area contributed by atoms with E-state index in [1.54, 1.807) is 0 Å². The Balaban J connectivity index is 1.77. The van der Waals surface area contributed by atoms with Crippen molar-refractivity contribution in [2.75, 3.05) is 18.4 Å². The lowest BCUT2D eigenvalue weighted by Gasteiger charge is -2.13. The molecule has 0 aliphatic rings. The van der Waals surface area contributed by atoms with Gasteiger partial charge in [0.05, 0.1) is 6.54 Å². The average molecular weight is 375 g/mol. The molecule has 0 aliphatic heterocycles. The molecule has 0 bridgehead atoms. The Labute approximate surface area is 159 Å². The summed E-state index contributed by atoms with van der Waals surface area (Å²) in [5.41, 5.74) is 3.84. The minimum absolute atomic E-state index is 0.0496. The van der Waals surface area contributed by atoms with Gasteiger partial charge in [-0.2, -0.15) is 0 Å². The lowest BCUT2D eigenvalue weighted by atomic mass is 10.1. The van der Waals surface area contributed by atoms with Crippen LogP contribution >= 0.6 is 11.6 Å². The molecule has 0 unspecified atom stereocenters. The molecule has 4 N–H and O–H groups in total. The van der Waals surface area contributed by atoms with E-state index in [0.29, 0.717) is 5.02 Å². The van der Waals surface area contributed by atoms with Crippen LogP contribution in [0.1, 0.15) is 29.7 Å². The lowest BCUT2D eigenvalue weighted by molar-refractivity contribution is -0.682. The van der Waals surface area contributed by atoms with Crippen LogP contribution in [0.5, 0.6) is 0 Å². The maximum atomic E-state index is 12.1. The first-order valence-electron chi connectivity index (χ1n) is 8.58. The van der Waals surface area contributed by atoms with E-state index < -0.39 is 0 Å². The lowest BCUT2D eigenvalue weighted by Crippen LogP contribution is -2.87. The molecule has 2 amide bonds. The minimum Gasteiger partial charge on any atom is -0.342 e. The van der Waals surface area contributed by atoms with Gasteiger partial charge in [0.25, 0.3) is 5.91 Å².